The number of benzene rings is 2. The fourth-order valence-corrected chi connectivity index (χ4v) is 5.68. The summed E-state index contributed by atoms with van der Waals surface area (Å²) in [7, 11) is -3.70. The summed E-state index contributed by atoms with van der Waals surface area (Å²) in [6, 6.07) is 20.3. The molecule has 2 heterocycles. The number of sulfonamides is 1. The van der Waals surface area contributed by atoms with Gasteiger partial charge in [-0.3, -0.25) is 14.6 Å². The number of nitrogens with one attached hydrogen (secondary N) is 2. The predicted molar refractivity (Wildman–Crippen MR) is 133 cm³/mol. The van der Waals surface area contributed by atoms with Gasteiger partial charge in [0.05, 0.1) is 22.7 Å². The van der Waals surface area contributed by atoms with Gasteiger partial charge < -0.3 is 10.6 Å². The Hall–Kier alpha value is -3.56. The lowest BCUT2D eigenvalue weighted by Crippen LogP contribution is -2.51. The summed E-state index contributed by atoms with van der Waals surface area (Å²) in [5.41, 5.74) is 1.43. The number of rotatable bonds is 8. The van der Waals surface area contributed by atoms with Gasteiger partial charge in [-0.1, -0.05) is 48.5 Å². The minimum Gasteiger partial charge on any atom is -0.344 e. The lowest BCUT2D eigenvalue weighted by molar-refractivity contribution is -0.130. The van der Waals surface area contributed by atoms with Gasteiger partial charge in [-0.05, 0) is 42.7 Å². The number of carbonyl (C=O) groups excluding carboxylic acids is 2. The van der Waals surface area contributed by atoms with Gasteiger partial charge in [0.15, 0.2) is 0 Å². The van der Waals surface area contributed by atoms with Crippen molar-refractivity contribution >= 4 is 27.5 Å². The number of aromatic nitrogens is 1. The van der Waals surface area contributed by atoms with Crippen molar-refractivity contribution in [3.8, 4) is 0 Å². The largest absolute Gasteiger partial charge is 0.344 e. The van der Waals surface area contributed by atoms with Gasteiger partial charge in [-0.15, -0.1) is 0 Å². The Morgan fingerprint density at radius 1 is 1.00 bits per heavy atom. The summed E-state index contributed by atoms with van der Waals surface area (Å²) < 4.78 is 27.5. The molecule has 2 aromatic carbocycles. The van der Waals surface area contributed by atoms with Crippen LogP contribution in [-0.2, 0) is 26.0 Å². The second-order valence-electron chi connectivity index (χ2n) is 8.50. The molecule has 2 amide bonds. The molecule has 0 saturated carbocycles. The van der Waals surface area contributed by atoms with Gasteiger partial charge in [-0.25, -0.2) is 8.42 Å². The Morgan fingerprint density at radius 3 is 2.40 bits per heavy atom. The van der Waals surface area contributed by atoms with Gasteiger partial charge >= 0.3 is 0 Å². The van der Waals surface area contributed by atoms with Crippen LogP contribution < -0.4 is 10.6 Å². The minimum atomic E-state index is -3.70. The third kappa shape index (κ3) is 6.32. The maximum atomic E-state index is 13.2. The molecule has 0 bridgehead atoms. The van der Waals surface area contributed by atoms with E-state index in [9.17, 15) is 18.0 Å². The van der Waals surface area contributed by atoms with Gasteiger partial charge in [0.2, 0.25) is 21.8 Å². The highest BCUT2D eigenvalue weighted by atomic mass is 32.2. The van der Waals surface area contributed by atoms with Crippen molar-refractivity contribution in [1.82, 2.24) is 14.6 Å². The second kappa shape index (κ2) is 11.2. The van der Waals surface area contributed by atoms with E-state index in [-0.39, 0.29) is 23.3 Å². The van der Waals surface area contributed by atoms with Crippen LogP contribution in [0.5, 0.6) is 0 Å². The molecule has 0 radical (unpaired) electrons. The molecule has 1 saturated heterocycles. The van der Waals surface area contributed by atoms with E-state index in [1.54, 1.807) is 48.7 Å². The molecule has 1 aliphatic rings. The molecule has 1 aromatic heterocycles. The Morgan fingerprint density at radius 2 is 1.71 bits per heavy atom. The first-order valence-electron chi connectivity index (χ1n) is 11.5. The first kappa shape index (κ1) is 24.6. The Labute approximate surface area is 205 Å². The molecule has 9 heteroatoms. The van der Waals surface area contributed by atoms with Crippen LogP contribution in [0.3, 0.4) is 0 Å². The van der Waals surface area contributed by atoms with Crippen LogP contribution in [0.1, 0.15) is 18.4 Å². The minimum absolute atomic E-state index is 0.0747. The average Bonchev–Trinajstić information content (AvgIpc) is 2.90. The quantitative estimate of drug-likeness (QED) is 0.503. The van der Waals surface area contributed by atoms with E-state index in [2.05, 4.69) is 15.6 Å². The summed E-state index contributed by atoms with van der Waals surface area (Å²) in [5.74, 6) is -1.24. The molecule has 4 rings (SSSR count). The normalized spacial score (nSPS) is 17.3. The van der Waals surface area contributed by atoms with Crippen molar-refractivity contribution in [1.29, 1.82) is 0 Å². The molecular weight excluding hydrogens is 464 g/mol. The summed E-state index contributed by atoms with van der Waals surface area (Å²) in [4.78, 5) is 30.5. The third-order valence-electron chi connectivity index (χ3n) is 5.98. The lowest BCUT2D eigenvalue weighted by Gasteiger charge is -2.32. The highest BCUT2D eigenvalue weighted by molar-refractivity contribution is 7.89. The molecule has 1 fully saturated rings. The van der Waals surface area contributed by atoms with Gasteiger partial charge in [0.1, 0.15) is 6.04 Å². The van der Waals surface area contributed by atoms with Crippen LogP contribution >= 0.6 is 0 Å². The molecule has 8 nitrogen and oxygen atoms in total. The van der Waals surface area contributed by atoms with E-state index in [0.29, 0.717) is 31.5 Å². The van der Waals surface area contributed by atoms with Gasteiger partial charge in [-0.2, -0.15) is 4.31 Å². The van der Waals surface area contributed by atoms with Crippen LogP contribution in [0, 0.1) is 5.92 Å². The molecule has 0 aliphatic carbocycles. The van der Waals surface area contributed by atoms with Crippen molar-refractivity contribution in [2.24, 2.45) is 5.92 Å². The van der Waals surface area contributed by atoms with E-state index in [1.807, 2.05) is 30.3 Å². The number of nitrogens with zero attached hydrogens (tertiary/aromatic N) is 2. The van der Waals surface area contributed by atoms with Crippen LogP contribution in [0.15, 0.2) is 90.1 Å². The van der Waals surface area contributed by atoms with Crippen LogP contribution in [0.4, 0.5) is 5.69 Å². The third-order valence-corrected chi connectivity index (χ3v) is 7.86. The Balaban J connectivity index is 1.48. The first-order chi connectivity index (χ1) is 16.9. The lowest BCUT2D eigenvalue weighted by atomic mass is 9.97. The topological polar surface area (TPSA) is 108 Å². The molecule has 2 atom stereocenters. The molecule has 35 heavy (non-hydrogen) atoms. The van der Waals surface area contributed by atoms with Gasteiger partial charge in [0.25, 0.3) is 0 Å². The number of hydrogen-bond donors (Lipinski definition) is 2. The standard InChI is InChI=1S/C26H28N4O4S/c31-25(21-11-8-16-30(19-21)35(33,34)23-13-5-2-6-14-23)29-24(17-20-9-3-1-4-10-20)26(32)28-22-12-7-15-27-18-22/h1-7,9-10,12-15,18,21,24H,8,11,16-17,19H2,(H,28,32)(H,29,31)/t21-,24+/m1/s1. The fourth-order valence-electron chi connectivity index (χ4n) is 4.13. The van der Waals surface area contributed by atoms with E-state index >= 15 is 0 Å². The zero-order valence-electron chi connectivity index (χ0n) is 19.2. The van der Waals surface area contributed by atoms with Crippen LogP contribution in [0.2, 0.25) is 0 Å². The van der Waals surface area contributed by atoms with E-state index in [4.69, 9.17) is 0 Å². The van der Waals surface area contributed by atoms with Crippen molar-refractivity contribution in [2.45, 2.75) is 30.2 Å². The predicted octanol–water partition coefficient (Wildman–Crippen LogP) is 2.85. The molecular formula is C26H28N4O4S. The van der Waals surface area contributed by atoms with Crippen molar-refractivity contribution in [2.75, 3.05) is 18.4 Å². The smallest absolute Gasteiger partial charge is 0.247 e. The number of piperidine rings is 1. The fraction of sp³-hybridized carbons (Fsp3) is 0.269. The maximum Gasteiger partial charge on any atom is 0.247 e. The zero-order valence-corrected chi connectivity index (χ0v) is 20.0. The van der Waals surface area contributed by atoms with E-state index in [0.717, 1.165) is 5.56 Å². The van der Waals surface area contributed by atoms with E-state index < -0.39 is 22.0 Å². The summed E-state index contributed by atoms with van der Waals surface area (Å²) in [6.07, 6.45) is 4.56. The maximum absolute atomic E-state index is 13.2. The Kier molecular flexibility index (Phi) is 7.89. The van der Waals surface area contributed by atoms with Crippen molar-refractivity contribution in [3.05, 3.63) is 90.8 Å². The van der Waals surface area contributed by atoms with Crippen LogP contribution in [-0.4, -0.2) is 48.7 Å². The average molecular weight is 493 g/mol. The molecule has 0 unspecified atom stereocenters. The first-order valence-corrected chi connectivity index (χ1v) is 13.0. The zero-order chi connectivity index (χ0) is 24.7. The highest BCUT2D eigenvalue weighted by Gasteiger charge is 2.34. The molecule has 3 aromatic rings. The highest BCUT2D eigenvalue weighted by Crippen LogP contribution is 2.24. The monoisotopic (exact) mass is 492 g/mol. The number of anilines is 1. The molecule has 2 N–H and O–H groups in total. The molecule has 182 valence electrons. The number of pyridine rings is 1. The number of carbonyl (C=O) groups is 2. The van der Waals surface area contributed by atoms with E-state index in [1.165, 1.54) is 10.5 Å². The SMILES string of the molecule is O=C(N[C@@H](Cc1ccccc1)C(=O)Nc1cccnc1)[C@@H]1CCCN(S(=O)(=O)c2ccccc2)C1. The Bertz CT molecular complexity index is 1240. The van der Waals surface area contributed by atoms with Crippen molar-refractivity contribution < 1.29 is 18.0 Å². The summed E-state index contributed by atoms with van der Waals surface area (Å²) >= 11 is 0. The summed E-state index contributed by atoms with van der Waals surface area (Å²) in [6.45, 7) is 0.432. The second-order valence-corrected chi connectivity index (χ2v) is 10.4. The summed E-state index contributed by atoms with van der Waals surface area (Å²) in [5, 5.41) is 5.68. The van der Waals surface area contributed by atoms with Gasteiger partial charge in [0, 0.05) is 25.7 Å². The van der Waals surface area contributed by atoms with Crippen molar-refractivity contribution in [3.63, 3.8) is 0 Å². The number of amides is 2. The van der Waals surface area contributed by atoms with Crippen LogP contribution in [0.25, 0.3) is 0 Å². The molecule has 0 spiro atoms. The molecule has 1 aliphatic heterocycles. The number of hydrogen-bond acceptors (Lipinski definition) is 5.